The lowest BCUT2D eigenvalue weighted by molar-refractivity contribution is -0.113. The largest absolute Gasteiger partial charge is 0.462 e. The van der Waals surface area contributed by atoms with E-state index >= 15 is 0 Å². The van der Waals surface area contributed by atoms with E-state index in [0.29, 0.717) is 48.0 Å². The molecule has 0 saturated carbocycles. The summed E-state index contributed by atoms with van der Waals surface area (Å²) in [7, 11) is 0. The molecule has 2 heterocycles. The Balaban J connectivity index is 1.47. The Bertz CT molecular complexity index is 1660. The first-order valence-electron chi connectivity index (χ1n) is 13.1. The smallest absolute Gasteiger partial charge is 0.341 e. The average molecular weight is 623 g/mol. The molecule has 0 bridgehead atoms. The molecule has 1 amide bonds. The summed E-state index contributed by atoms with van der Waals surface area (Å²) in [5.74, 6) is -0.734. The first kappa shape index (κ1) is 29.2. The summed E-state index contributed by atoms with van der Waals surface area (Å²) in [5.41, 5.74) is 4.51. The van der Waals surface area contributed by atoms with Crippen LogP contribution in [0.4, 0.5) is 5.00 Å². The van der Waals surface area contributed by atoms with Crippen LogP contribution in [0.2, 0.25) is 10.0 Å². The number of rotatable bonds is 8. The third-order valence-corrected chi connectivity index (χ3v) is 9.41. The van der Waals surface area contributed by atoms with E-state index < -0.39 is 5.97 Å². The van der Waals surface area contributed by atoms with Crippen molar-refractivity contribution in [2.24, 2.45) is 0 Å². The zero-order valence-corrected chi connectivity index (χ0v) is 25.3. The van der Waals surface area contributed by atoms with Gasteiger partial charge in [-0.15, -0.1) is 11.3 Å². The third kappa shape index (κ3) is 6.44. The normalized spacial score (nSPS) is 12.3. The van der Waals surface area contributed by atoms with Crippen LogP contribution >= 0.6 is 46.3 Å². The fourth-order valence-electron chi connectivity index (χ4n) is 4.76. The molecule has 0 fully saturated rings. The van der Waals surface area contributed by atoms with E-state index in [0.717, 1.165) is 53.4 Å². The van der Waals surface area contributed by atoms with Crippen LogP contribution in [0.25, 0.3) is 22.4 Å². The van der Waals surface area contributed by atoms with Crippen LogP contribution in [0.3, 0.4) is 0 Å². The molecule has 0 aliphatic heterocycles. The van der Waals surface area contributed by atoms with E-state index in [9.17, 15) is 14.9 Å². The van der Waals surface area contributed by atoms with Crippen molar-refractivity contribution in [3.63, 3.8) is 0 Å². The maximum absolute atomic E-state index is 13.2. The van der Waals surface area contributed by atoms with Crippen molar-refractivity contribution in [3.8, 4) is 28.5 Å². The first-order valence-corrected chi connectivity index (χ1v) is 15.7. The molecule has 41 heavy (non-hydrogen) atoms. The fraction of sp³-hybridized carbons (Fsp3) is 0.226. The number of carbonyl (C=O) groups excluding carboxylic acids is 2. The zero-order valence-electron chi connectivity index (χ0n) is 22.1. The number of fused-ring (bicyclic) bond motifs is 1. The van der Waals surface area contributed by atoms with Gasteiger partial charge < -0.3 is 10.1 Å². The number of esters is 1. The minimum Gasteiger partial charge on any atom is -0.462 e. The summed E-state index contributed by atoms with van der Waals surface area (Å²) in [5, 5.41) is 15.1. The number of thiophene rings is 1. The van der Waals surface area contributed by atoms with Crippen molar-refractivity contribution in [1.29, 1.82) is 5.26 Å². The molecule has 4 aromatic rings. The van der Waals surface area contributed by atoms with Crippen LogP contribution < -0.4 is 5.32 Å². The Kier molecular flexibility index (Phi) is 9.31. The number of benzene rings is 2. The number of ether oxygens (including phenoxy) is 1. The quantitative estimate of drug-likeness (QED) is 0.157. The van der Waals surface area contributed by atoms with Gasteiger partial charge in [0.2, 0.25) is 5.91 Å². The molecule has 0 atom stereocenters. The number of aryl methyl sites for hydroxylation is 1. The molecule has 2 aromatic carbocycles. The van der Waals surface area contributed by atoms with Gasteiger partial charge in [-0.2, -0.15) is 5.26 Å². The maximum atomic E-state index is 13.2. The highest BCUT2D eigenvalue weighted by atomic mass is 35.5. The number of aromatic nitrogens is 1. The minimum absolute atomic E-state index is 0.0153. The lowest BCUT2D eigenvalue weighted by Crippen LogP contribution is -2.17. The summed E-state index contributed by atoms with van der Waals surface area (Å²) >= 11 is 15.2. The lowest BCUT2D eigenvalue weighted by Gasteiger charge is -2.14. The number of nitriles is 1. The molecule has 0 spiro atoms. The van der Waals surface area contributed by atoms with E-state index in [2.05, 4.69) is 11.4 Å². The van der Waals surface area contributed by atoms with Crippen molar-refractivity contribution < 1.29 is 14.3 Å². The second kappa shape index (κ2) is 13.1. The van der Waals surface area contributed by atoms with E-state index in [-0.39, 0.29) is 18.3 Å². The van der Waals surface area contributed by atoms with E-state index in [1.54, 1.807) is 25.1 Å². The molecule has 208 valence electrons. The Morgan fingerprint density at radius 2 is 1.85 bits per heavy atom. The highest BCUT2D eigenvalue weighted by Gasteiger charge is 2.27. The average Bonchev–Trinajstić information content (AvgIpc) is 3.34. The minimum atomic E-state index is -0.414. The Hall–Kier alpha value is -3.35. The van der Waals surface area contributed by atoms with Gasteiger partial charge in [-0.3, -0.25) is 4.79 Å². The predicted molar refractivity (Wildman–Crippen MR) is 166 cm³/mol. The topological polar surface area (TPSA) is 92.1 Å². The highest BCUT2D eigenvalue weighted by molar-refractivity contribution is 8.00. The first-order chi connectivity index (χ1) is 19.9. The second-order valence-electron chi connectivity index (χ2n) is 9.31. The van der Waals surface area contributed by atoms with E-state index in [1.807, 2.05) is 36.4 Å². The zero-order chi connectivity index (χ0) is 28.9. The molecule has 10 heteroatoms. The van der Waals surface area contributed by atoms with Gasteiger partial charge in [0.25, 0.3) is 0 Å². The van der Waals surface area contributed by atoms with Gasteiger partial charge in [0.05, 0.1) is 29.2 Å². The van der Waals surface area contributed by atoms with Gasteiger partial charge in [-0.05, 0) is 62.4 Å². The van der Waals surface area contributed by atoms with E-state index in [4.69, 9.17) is 32.9 Å². The second-order valence-corrected chi connectivity index (χ2v) is 12.2. The molecule has 2 aromatic heterocycles. The molecular weight excluding hydrogens is 597 g/mol. The number of hydrogen-bond donors (Lipinski definition) is 1. The SMILES string of the molecule is CCOC(=O)c1c(NC(=O)CSc2nc(-c3ccc(Cl)cc3)cc(-c3ccccc3Cl)c2C#N)sc2c1CCCC2. The molecule has 6 nitrogen and oxygen atoms in total. The van der Waals surface area contributed by atoms with Gasteiger partial charge in [-0.1, -0.05) is 65.3 Å². The molecule has 1 N–H and O–H groups in total. The van der Waals surface area contributed by atoms with Gasteiger partial charge in [0.1, 0.15) is 16.1 Å². The Labute approximate surface area is 256 Å². The van der Waals surface area contributed by atoms with Gasteiger partial charge in [0, 0.05) is 31.6 Å². The number of carbonyl (C=O) groups is 2. The van der Waals surface area contributed by atoms with Crippen molar-refractivity contribution in [3.05, 3.63) is 86.2 Å². The molecule has 0 saturated heterocycles. The van der Waals surface area contributed by atoms with Gasteiger partial charge in [-0.25, -0.2) is 9.78 Å². The summed E-state index contributed by atoms with van der Waals surface area (Å²) < 4.78 is 5.31. The van der Waals surface area contributed by atoms with Crippen LogP contribution in [0.15, 0.2) is 59.6 Å². The summed E-state index contributed by atoms with van der Waals surface area (Å²) in [6, 6.07) is 18.6. The molecule has 1 aliphatic carbocycles. The van der Waals surface area contributed by atoms with Crippen molar-refractivity contribution >= 4 is 63.2 Å². The van der Waals surface area contributed by atoms with Crippen molar-refractivity contribution in [1.82, 2.24) is 4.98 Å². The van der Waals surface area contributed by atoms with Crippen LogP contribution in [-0.4, -0.2) is 29.2 Å². The van der Waals surface area contributed by atoms with Crippen molar-refractivity contribution in [2.45, 2.75) is 37.6 Å². The van der Waals surface area contributed by atoms with Crippen LogP contribution in [0, 0.1) is 11.3 Å². The standard InChI is InChI=1S/C31H25Cl2N3O3S2/c1-2-39-31(38)28-21-8-4-6-10-26(21)41-30(28)36-27(37)17-40-29-23(16-34)22(20-7-3-5-9-24(20)33)15-25(35-29)18-11-13-19(32)14-12-18/h3,5,7,9,11-15H,2,4,6,8,10,17H2,1H3,(H,36,37). The number of halogens is 2. The Morgan fingerprint density at radius 1 is 1.10 bits per heavy atom. The predicted octanol–water partition coefficient (Wildman–Crippen LogP) is 8.44. The molecule has 0 unspecified atom stereocenters. The molecular formula is C31H25Cl2N3O3S2. The number of anilines is 1. The number of thioether (sulfide) groups is 1. The van der Waals surface area contributed by atoms with E-state index in [1.165, 1.54) is 11.3 Å². The van der Waals surface area contributed by atoms with Crippen molar-refractivity contribution in [2.75, 3.05) is 17.7 Å². The Morgan fingerprint density at radius 3 is 2.59 bits per heavy atom. The lowest BCUT2D eigenvalue weighted by atomic mass is 9.95. The number of nitrogens with zero attached hydrogens (tertiary/aromatic N) is 2. The highest BCUT2D eigenvalue weighted by Crippen LogP contribution is 2.40. The van der Waals surface area contributed by atoms with Gasteiger partial charge >= 0.3 is 5.97 Å². The molecule has 1 aliphatic rings. The van der Waals surface area contributed by atoms with Gasteiger partial charge in [0.15, 0.2) is 0 Å². The van der Waals surface area contributed by atoms with Crippen LogP contribution in [-0.2, 0) is 22.4 Å². The number of pyridine rings is 1. The number of amides is 1. The maximum Gasteiger partial charge on any atom is 0.341 e. The van der Waals surface area contributed by atoms with Crippen LogP contribution in [0.1, 0.15) is 46.1 Å². The summed E-state index contributed by atoms with van der Waals surface area (Å²) in [6.45, 7) is 2.02. The summed E-state index contributed by atoms with van der Waals surface area (Å²) in [6.07, 6.45) is 3.73. The molecule has 5 rings (SSSR count). The summed E-state index contributed by atoms with van der Waals surface area (Å²) in [4.78, 5) is 31.9. The fourth-order valence-corrected chi connectivity index (χ4v) is 7.22. The van der Waals surface area contributed by atoms with Crippen LogP contribution in [0.5, 0.6) is 0 Å². The number of nitrogens with one attached hydrogen (secondary N) is 1. The number of hydrogen-bond acceptors (Lipinski definition) is 7. The third-order valence-electron chi connectivity index (χ3n) is 6.65. The molecule has 0 radical (unpaired) electrons. The monoisotopic (exact) mass is 621 g/mol.